The van der Waals surface area contributed by atoms with E-state index in [0.29, 0.717) is 28.5 Å². The maximum absolute atomic E-state index is 13.4. The number of primary amides is 1. The van der Waals surface area contributed by atoms with Crippen molar-refractivity contribution >= 4 is 12.2 Å². The van der Waals surface area contributed by atoms with E-state index in [9.17, 15) is 18.4 Å². The molecule has 5 heteroatoms. The van der Waals surface area contributed by atoms with Gasteiger partial charge in [-0.25, -0.2) is 8.78 Å². The third-order valence-corrected chi connectivity index (χ3v) is 4.40. The fourth-order valence-electron chi connectivity index (χ4n) is 3.14. The van der Waals surface area contributed by atoms with Crippen LogP contribution in [0, 0.1) is 11.6 Å². The van der Waals surface area contributed by atoms with Crippen LogP contribution in [0.25, 0.3) is 0 Å². The molecule has 0 bridgehead atoms. The van der Waals surface area contributed by atoms with Crippen LogP contribution in [0.4, 0.5) is 8.78 Å². The van der Waals surface area contributed by atoms with Crippen LogP contribution in [-0.4, -0.2) is 12.2 Å². The van der Waals surface area contributed by atoms with Crippen molar-refractivity contribution in [3.8, 4) is 0 Å². The van der Waals surface area contributed by atoms with Gasteiger partial charge in [-0.05, 0) is 41.0 Å². The van der Waals surface area contributed by atoms with Crippen LogP contribution in [0.1, 0.15) is 27.0 Å². The van der Waals surface area contributed by atoms with Gasteiger partial charge in [0.1, 0.15) is 23.3 Å². The fraction of sp³-hybridized carbons (Fsp3) is 0.0476. The van der Waals surface area contributed by atoms with E-state index in [1.54, 1.807) is 24.3 Å². The number of benzene rings is 3. The maximum atomic E-state index is 13.4. The Bertz CT molecular complexity index is 888. The van der Waals surface area contributed by atoms with Crippen molar-refractivity contribution in [1.82, 2.24) is 0 Å². The van der Waals surface area contributed by atoms with Crippen molar-refractivity contribution in [3.05, 3.63) is 107 Å². The summed E-state index contributed by atoms with van der Waals surface area (Å²) in [5.74, 6) is -1.61. The van der Waals surface area contributed by atoms with E-state index in [-0.39, 0.29) is 0 Å². The number of rotatable bonds is 5. The van der Waals surface area contributed by atoms with E-state index >= 15 is 0 Å². The number of hydrogen-bond acceptors (Lipinski definition) is 2. The molecule has 0 aliphatic carbocycles. The van der Waals surface area contributed by atoms with Crippen LogP contribution in [0.15, 0.2) is 72.8 Å². The van der Waals surface area contributed by atoms with Gasteiger partial charge in [0.2, 0.25) is 5.91 Å². The van der Waals surface area contributed by atoms with Crippen LogP contribution in [-0.2, 0) is 10.2 Å². The molecule has 0 aliphatic rings. The first-order chi connectivity index (χ1) is 12.5. The summed E-state index contributed by atoms with van der Waals surface area (Å²) in [6, 6.07) is 17.2. The van der Waals surface area contributed by atoms with Gasteiger partial charge in [0.15, 0.2) is 0 Å². The summed E-state index contributed by atoms with van der Waals surface area (Å²) >= 11 is 0. The molecule has 2 N–H and O–H groups in total. The van der Waals surface area contributed by atoms with E-state index in [4.69, 9.17) is 5.73 Å². The Labute approximate surface area is 149 Å². The first-order valence-corrected chi connectivity index (χ1v) is 7.86. The lowest BCUT2D eigenvalue weighted by atomic mass is 9.68. The molecule has 3 aromatic carbocycles. The molecule has 3 nitrogen and oxygen atoms in total. The lowest BCUT2D eigenvalue weighted by Gasteiger charge is -2.32. The van der Waals surface area contributed by atoms with Gasteiger partial charge >= 0.3 is 0 Å². The Kier molecular flexibility index (Phi) is 4.63. The second kappa shape index (κ2) is 6.88. The minimum absolute atomic E-state index is 0.435. The Morgan fingerprint density at radius 2 is 1.08 bits per heavy atom. The van der Waals surface area contributed by atoms with Gasteiger partial charge in [-0.1, -0.05) is 48.5 Å². The molecule has 0 atom stereocenters. The molecule has 3 rings (SSSR count). The minimum atomic E-state index is -1.46. The topological polar surface area (TPSA) is 60.2 Å². The summed E-state index contributed by atoms with van der Waals surface area (Å²) < 4.78 is 26.9. The largest absolute Gasteiger partial charge is 0.368 e. The summed E-state index contributed by atoms with van der Waals surface area (Å²) in [4.78, 5) is 23.7. The van der Waals surface area contributed by atoms with Gasteiger partial charge in [0.25, 0.3) is 0 Å². The molecule has 0 aromatic heterocycles. The smallest absolute Gasteiger partial charge is 0.237 e. The van der Waals surface area contributed by atoms with Crippen molar-refractivity contribution in [2.75, 3.05) is 0 Å². The maximum Gasteiger partial charge on any atom is 0.237 e. The van der Waals surface area contributed by atoms with E-state index in [1.807, 2.05) is 0 Å². The Balaban J connectivity index is 2.34. The zero-order valence-electron chi connectivity index (χ0n) is 13.7. The average molecular weight is 351 g/mol. The molecule has 0 heterocycles. The number of carbonyl (C=O) groups excluding carboxylic acids is 2. The number of nitrogens with two attached hydrogens (primary N) is 1. The molecule has 26 heavy (non-hydrogen) atoms. The molecule has 3 aromatic rings. The van der Waals surface area contributed by atoms with Gasteiger partial charge in [-0.3, -0.25) is 9.59 Å². The quantitative estimate of drug-likeness (QED) is 0.564. The molecule has 0 fully saturated rings. The highest BCUT2D eigenvalue weighted by Crippen LogP contribution is 2.39. The lowest BCUT2D eigenvalue weighted by molar-refractivity contribution is -0.120. The molecule has 0 unspecified atom stereocenters. The van der Waals surface area contributed by atoms with Gasteiger partial charge in [-0.2, -0.15) is 0 Å². The fourth-order valence-corrected chi connectivity index (χ4v) is 3.14. The molecule has 0 saturated heterocycles. The standard InChI is InChI=1S/C21H15F2NO2/c22-18-9-5-16(6-10-18)21(20(24)26,17-7-11-19(23)12-8-17)15-3-1-14(13-25)2-4-15/h1-13H,(H2,24,26). The third-order valence-electron chi connectivity index (χ3n) is 4.40. The second-order valence-electron chi connectivity index (χ2n) is 5.87. The number of halogens is 2. The summed E-state index contributed by atoms with van der Waals surface area (Å²) in [5.41, 5.74) is 6.18. The Morgan fingerprint density at radius 1 is 0.731 bits per heavy atom. The third kappa shape index (κ3) is 2.88. The van der Waals surface area contributed by atoms with Gasteiger partial charge in [-0.15, -0.1) is 0 Å². The zero-order chi connectivity index (χ0) is 18.7. The van der Waals surface area contributed by atoms with Gasteiger partial charge in [0.05, 0.1) is 0 Å². The molecule has 130 valence electrons. The predicted molar refractivity (Wildman–Crippen MR) is 93.7 cm³/mol. The van der Waals surface area contributed by atoms with Crippen molar-refractivity contribution in [2.45, 2.75) is 5.41 Å². The van der Waals surface area contributed by atoms with Crippen LogP contribution < -0.4 is 5.73 Å². The number of aldehydes is 1. The predicted octanol–water partition coefficient (Wildman–Crippen LogP) is 3.60. The summed E-state index contributed by atoms with van der Waals surface area (Å²) in [6.45, 7) is 0. The minimum Gasteiger partial charge on any atom is -0.368 e. The molecule has 0 radical (unpaired) electrons. The molecule has 1 amide bonds. The van der Waals surface area contributed by atoms with Crippen LogP contribution in [0.5, 0.6) is 0 Å². The molecular weight excluding hydrogens is 336 g/mol. The molecule has 0 aliphatic heterocycles. The molecule has 0 saturated carbocycles. The summed E-state index contributed by atoms with van der Waals surface area (Å²) in [5, 5.41) is 0. The number of carbonyl (C=O) groups is 2. The van der Waals surface area contributed by atoms with Crippen LogP contribution >= 0.6 is 0 Å². The first kappa shape index (κ1) is 17.5. The van der Waals surface area contributed by atoms with Gasteiger partial charge in [0, 0.05) is 5.56 Å². The van der Waals surface area contributed by atoms with E-state index in [2.05, 4.69) is 0 Å². The molecule has 0 spiro atoms. The highest BCUT2D eigenvalue weighted by Gasteiger charge is 2.42. The highest BCUT2D eigenvalue weighted by molar-refractivity contribution is 5.95. The number of amides is 1. The average Bonchev–Trinajstić information content (AvgIpc) is 2.65. The van der Waals surface area contributed by atoms with Crippen molar-refractivity contribution in [2.24, 2.45) is 5.73 Å². The summed E-state index contributed by atoms with van der Waals surface area (Å²) in [7, 11) is 0. The van der Waals surface area contributed by atoms with Crippen molar-refractivity contribution in [3.63, 3.8) is 0 Å². The highest BCUT2D eigenvalue weighted by atomic mass is 19.1. The summed E-state index contributed by atoms with van der Waals surface area (Å²) in [6.07, 6.45) is 0.686. The zero-order valence-corrected chi connectivity index (χ0v) is 13.7. The second-order valence-corrected chi connectivity index (χ2v) is 5.87. The first-order valence-electron chi connectivity index (χ1n) is 7.86. The Morgan fingerprint density at radius 3 is 1.38 bits per heavy atom. The normalized spacial score (nSPS) is 11.2. The SMILES string of the molecule is NC(=O)C(c1ccc(F)cc1)(c1ccc(F)cc1)c1ccc(C=O)cc1. The van der Waals surface area contributed by atoms with Crippen molar-refractivity contribution in [1.29, 1.82) is 0 Å². The number of hydrogen-bond donors (Lipinski definition) is 1. The van der Waals surface area contributed by atoms with Crippen LogP contribution in [0.2, 0.25) is 0 Å². The van der Waals surface area contributed by atoms with E-state index in [1.165, 1.54) is 48.5 Å². The lowest BCUT2D eigenvalue weighted by Crippen LogP contribution is -2.43. The van der Waals surface area contributed by atoms with E-state index in [0.717, 1.165) is 0 Å². The monoisotopic (exact) mass is 351 g/mol. The van der Waals surface area contributed by atoms with Crippen molar-refractivity contribution < 1.29 is 18.4 Å². The Hall–Kier alpha value is -3.34. The van der Waals surface area contributed by atoms with E-state index < -0.39 is 23.0 Å². The van der Waals surface area contributed by atoms with Gasteiger partial charge < -0.3 is 5.73 Å². The molecular formula is C21H15F2NO2. The van der Waals surface area contributed by atoms with Crippen LogP contribution in [0.3, 0.4) is 0 Å².